The van der Waals surface area contributed by atoms with E-state index in [2.05, 4.69) is 5.32 Å². The Morgan fingerprint density at radius 1 is 0.872 bits per heavy atom. The van der Waals surface area contributed by atoms with Crippen LogP contribution in [0.2, 0.25) is 10.0 Å². The van der Waals surface area contributed by atoms with E-state index >= 15 is 0 Å². The molecule has 0 unspecified atom stereocenters. The molecule has 47 heavy (non-hydrogen) atoms. The zero-order valence-corrected chi connectivity index (χ0v) is 28.5. The van der Waals surface area contributed by atoms with Crippen LogP contribution in [0.15, 0.2) is 102 Å². The third-order valence-electron chi connectivity index (χ3n) is 7.21. The van der Waals surface area contributed by atoms with E-state index in [0.717, 1.165) is 22.0 Å². The number of amides is 2. The second-order valence-electron chi connectivity index (χ2n) is 11.0. The first-order valence-electron chi connectivity index (χ1n) is 15.0. The van der Waals surface area contributed by atoms with Crippen molar-refractivity contribution in [1.29, 1.82) is 0 Å². The molecule has 2 amide bonds. The lowest BCUT2D eigenvalue weighted by molar-refractivity contribution is -0.140. The van der Waals surface area contributed by atoms with E-state index in [0.29, 0.717) is 17.9 Å². The van der Waals surface area contributed by atoms with E-state index in [1.165, 1.54) is 41.3 Å². The van der Waals surface area contributed by atoms with Crippen molar-refractivity contribution in [3.8, 4) is 5.75 Å². The average Bonchev–Trinajstić information content (AvgIpc) is 3.03. The molecule has 0 aliphatic carbocycles. The standard InChI is InChI=1S/C35H36Cl2FN3O5S/c1-4-46-28-17-19-29(20-18-28)47(44,45)41(27-15-13-26(38)14-16-27)23-34(42)40(22-30-31(36)11-8-12-32(30)37)33(35(43)39-24(2)3)21-25-9-6-5-7-10-25/h5-20,24,33H,4,21-23H2,1-3H3,(H,39,43)/t33-/m1/s1. The third kappa shape index (κ3) is 9.24. The molecule has 12 heteroatoms. The molecule has 1 N–H and O–H groups in total. The quantitative estimate of drug-likeness (QED) is 0.155. The van der Waals surface area contributed by atoms with Crippen molar-refractivity contribution in [2.75, 3.05) is 17.5 Å². The maximum Gasteiger partial charge on any atom is 0.264 e. The summed E-state index contributed by atoms with van der Waals surface area (Å²) in [6.07, 6.45) is 0.120. The van der Waals surface area contributed by atoms with E-state index in [1.807, 2.05) is 30.3 Å². The first-order chi connectivity index (χ1) is 22.4. The summed E-state index contributed by atoms with van der Waals surface area (Å²) in [5.74, 6) is -1.26. The SMILES string of the molecule is CCOc1ccc(S(=O)(=O)N(CC(=O)N(Cc2c(Cl)cccc2Cl)[C@H](Cc2ccccc2)C(=O)NC(C)C)c2ccc(F)cc2)cc1. The molecule has 0 spiro atoms. The molecule has 0 fully saturated rings. The molecule has 0 aliphatic rings. The summed E-state index contributed by atoms with van der Waals surface area (Å²) < 4.78 is 48.6. The third-order valence-corrected chi connectivity index (χ3v) is 9.70. The summed E-state index contributed by atoms with van der Waals surface area (Å²) >= 11 is 13.1. The number of hydrogen-bond donors (Lipinski definition) is 1. The minimum atomic E-state index is -4.39. The van der Waals surface area contributed by atoms with Gasteiger partial charge in [0.25, 0.3) is 10.0 Å². The van der Waals surface area contributed by atoms with E-state index < -0.39 is 40.2 Å². The summed E-state index contributed by atoms with van der Waals surface area (Å²) in [4.78, 5) is 29.5. The summed E-state index contributed by atoms with van der Waals surface area (Å²) in [5.41, 5.74) is 1.22. The topological polar surface area (TPSA) is 96.0 Å². The maximum atomic E-state index is 14.5. The molecule has 0 heterocycles. The molecule has 1 atom stereocenters. The molecule has 0 bridgehead atoms. The van der Waals surface area contributed by atoms with Gasteiger partial charge in [-0.2, -0.15) is 0 Å². The van der Waals surface area contributed by atoms with Gasteiger partial charge in [-0.15, -0.1) is 0 Å². The maximum absolute atomic E-state index is 14.5. The van der Waals surface area contributed by atoms with Crippen molar-refractivity contribution in [1.82, 2.24) is 10.2 Å². The van der Waals surface area contributed by atoms with Gasteiger partial charge in [0.1, 0.15) is 24.2 Å². The number of anilines is 1. The first kappa shape index (κ1) is 35.7. The van der Waals surface area contributed by atoms with Crippen LogP contribution in [0.1, 0.15) is 31.9 Å². The van der Waals surface area contributed by atoms with Crippen molar-refractivity contribution in [2.24, 2.45) is 0 Å². The molecule has 248 valence electrons. The van der Waals surface area contributed by atoms with Crippen molar-refractivity contribution in [3.05, 3.63) is 124 Å². The number of benzene rings is 4. The van der Waals surface area contributed by atoms with Crippen LogP contribution in [0.4, 0.5) is 10.1 Å². The lowest BCUT2D eigenvalue weighted by atomic mass is 10.0. The van der Waals surface area contributed by atoms with Crippen molar-refractivity contribution < 1.29 is 27.1 Å². The minimum Gasteiger partial charge on any atom is -0.494 e. The van der Waals surface area contributed by atoms with Crippen molar-refractivity contribution in [3.63, 3.8) is 0 Å². The highest BCUT2D eigenvalue weighted by molar-refractivity contribution is 7.92. The van der Waals surface area contributed by atoms with Gasteiger partial charge in [-0.3, -0.25) is 13.9 Å². The Kier molecular flexibility index (Phi) is 12.3. The lowest BCUT2D eigenvalue weighted by Crippen LogP contribution is -2.54. The van der Waals surface area contributed by atoms with Gasteiger partial charge in [0, 0.05) is 34.6 Å². The number of sulfonamides is 1. The van der Waals surface area contributed by atoms with Crippen LogP contribution in [0.3, 0.4) is 0 Å². The highest BCUT2D eigenvalue weighted by Crippen LogP contribution is 2.29. The van der Waals surface area contributed by atoms with Gasteiger partial charge in [-0.25, -0.2) is 12.8 Å². The smallest absolute Gasteiger partial charge is 0.264 e. The molecule has 0 aliphatic heterocycles. The fourth-order valence-corrected chi connectivity index (χ4v) is 6.86. The van der Waals surface area contributed by atoms with Crippen LogP contribution in [0, 0.1) is 5.82 Å². The molecule has 0 radical (unpaired) electrons. The molecule has 8 nitrogen and oxygen atoms in total. The fraction of sp³-hybridized carbons (Fsp3) is 0.257. The fourth-order valence-electron chi connectivity index (χ4n) is 4.93. The molecule has 0 saturated carbocycles. The number of carbonyl (C=O) groups excluding carboxylic acids is 2. The van der Waals surface area contributed by atoms with Crippen LogP contribution in [0.25, 0.3) is 0 Å². The number of nitrogens with zero attached hydrogens (tertiary/aromatic N) is 2. The molecule has 0 saturated heterocycles. The Morgan fingerprint density at radius 2 is 1.49 bits per heavy atom. The van der Waals surface area contributed by atoms with E-state index in [-0.39, 0.29) is 39.6 Å². The van der Waals surface area contributed by atoms with Gasteiger partial charge in [-0.05, 0) is 87.0 Å². The summed E-state index contributed by atoms with van der Waals surface area (Å²) in [6.45, 7) is 4.88. The van der Waals surface area contributed by atoms with Crippen LogP contribution >= 0.6 is 23.2 Å². The summed E-state index contributed by atoms with van der Waals surface area (Å²) in [6, 6.07) is 23.3. The van der Waals surface area contributed by atoms with Gasteiger partial charge in [-0.1, -0.05) is 59.6 Å². The Balaban J connectivity index is 1.82. The van der Waals surface area contributed by atoms with Crippen molar-refractivity contribution in [2.45, 2.75) is 50.7 Å². The van der Waals surface area contributed by atoms with Crippen molar-refractivity contribution >= 4 is 50.7 Å². The largest absolute Gasteiger partial charge is 0.494 e. The van der Waals surface area contributed by atoms with Crippen LogP contribution in [0.5, 0.6) is 5.75 Å². The summed E-state index contributed by atoms with van der Waals surface area (Å²) in [5, 5.41) is 3.44. The van der Waals surface area contributed by atoms with Gasteiger partial charge in [0.15, 0.2) is 0 Å². The van der Waals surface area contributed by atoms with Gasteiger partial charge in [0.2, 0.25) is 11.8 Å². The highest BCUT2D eigenvalue weighted by Gasteiger charge is 2.35. The molecule has 4 aromatic carbocycles. The molecule has 4 rings (SSSR count). The predicted molar refractivity (Wildman–Crippen MR) is 183 cm³/mol. The Morgan fingerprint density at radius 3 is 2.06 bits per heavy atom. The number of carbonyl (C=O) groups is 2. The molecule has 4 aromatic rings. The van der Waals surface area contributed by atoms with Crippen LogP contribution < -0.4 is 14.4 Å². The number of rotatable bonds is 14. The van der Waals surface area contributed by atoms with Crippen LogP contribution in [-0.4, -0.2) is 50.4 Å². The summed E-state index contributed by atoms with van der Waals surface area (Å²) in [7, 11) is -4.39. The zero-order valence-electron chi connectivity index (χ0n) is 26.2. The first-order valence-corrected chi connectivity index (χ1v) is 17.2. The van der Waals surface area contributed by atoms with E-state index in [4.69, 9.17) is 27.9 Å². The number of hydrogen-bond acceptors (Lipinski definition) is 5. The number of ether oxygens (including phenoxy) is 1. The van der Waals surface area contributed by atoms with Gasteiger partial charge in [0.05, 0.1) is 17.2 Å². The second-order valence-corrected chi connectivity index (χ2v) is 13.7. The lowest BCUT2D eigenvalue weighted by Gasteiger charge is -2.34. The van der Waals surface area contributed by atoms with E-state index in [1.54, 1.807) is 39.0 Å². The monoisotopic (exact) mass is 699 g/mol. The highest BCUT2D eigenvalue weighted by atomic mass is 35.5. The van der Waals surface area contributed by atoms with Crippen LogP contribution in [-0.2, 0) is 32.6 Å². The Labute approximate surface area is 285 Å². The number of halogens is 3. The second kappa shape index (κ2) is 16.1. The average molecular weight is 701 g/mol. The minimum absolute atomic E-state index is 0.0515. The molecule has 0 aromatic heterocycles. The Hall–Kier alpha value is -4.12. The predicted octanol–water partition coefficient (Wildman–Crippen LogP) is 6.89. The number of nitrogens with one attached hydrogen (secondary N) is 1. The Bertz CT molecular complexity index is 1750. The normalized spacial score (nSPS) is 12.0. The molecular formula is C35H36Cl2FN3O5S. The van der Waals surface area contributed by atoms with Gasteiger partial charge < -0.3 is 15.0 Å². The van der Waals surface area contributed by atoms with E-state index in [9.17, 15) is 22.4 Å². The van der Waals surface area contributed by atoms with Gasteiger partial charge >= 0.3 is 0 Å². The zero-order chi connectivity index (χ0) is 34.1. The molecular weight excluding hydrogens is 664 g/mol.